The average molecular weight is 381 g/mol. The molecule has 1 aromatic carbocycles. The molecule has 0 radical (unpaired) electrons. The van der Waals surface area contributed by atoms with E-state index in [1.54, 1.807) is 26.4 Å². The number of anilines is 2. The van der Waals surface area contributed by atoms with Gasteiger partial charge in [0, 0.05) is 17.3 Å². The molecule has 0 saturated carbocycles. The van der Waals surface area contributed by atoms with Crippen molar-refractivity contribution in [1.82, 2.24) is 24.3 Å². The Morgan fingerprint density at radius 1 is 1.07 bits per heavy atom. The van der Waals surface area contributed by atoms with Crippen molar-refractivity contribution in [3.63, 3.8) is 0 Å². The van der Waals surface area contributed by atoms with Crippen LogP contribution in [-0.2, 0) is 5.54 Å². The van der Waals surface area contributed by atoms with E-state index < -0.39 is 17.2 Å². The molecule has 0 amide bonds. The van der Waals surface area contributed by atoms with Crippen LogP contribution < -0.4 is 11.1 Å². The summed E-state index contributed by atoms with van der Waals surface area (Å²) in [5.74, 6) is -1.33. The molecule has 0 atom stereocenters. The van der Waals surface area contributed by atoms with E-state index in [0.717, 1.165) is 11.6 Å². The maximum absolute atomic E-state index is 14.2. The second kappa shape index (κ2) is 6.52. The zero-order valence-corrected chi connectivity index (χ0v) is 15.2. The van der Waals surface area contributed by atoms with Gasteiger partial charge in [0.05, 0.1) is 23.6 Å². The molecule has 28 heavy (non-hydrogen) atoms. The van der Waals surface area contributed by atoms with E-state index in [1.807, 2.05) is 22.7 Å². The summed E-state index contributed by atoms with van der Waals surface area (Å²) in [4.78, 5) is 16.7. The molecule has 0 saturated heterocycles. The molecule has 0 aliphatic heterocycles. The standard InChI is InChI=1S/C19H17F2N7/c1-19(2,13-4-3-5-14(20)15(13)21)27-18-25-16(24-17(22)26-18)11-6-7-12-8-23-10-28(12)9-11/h3-10H,1-2H3,(H3,22,24,25,26,27). The third-order valence-electron chi connectivity index (χ3n) is 4.37. The van der Waals surface area contributed by atoms with Gasteiger partial charge in [-0.25, -0.2) is 13.8 Å². The molecule has 0 fully saturated rings. The number of rotatable bonds is 4. The van der Waals surface area contributed by atoms with Crippen LogP contribution >= 0.6 is 0 Å². The number of nitrogens with zero attached hydrogens (tertiary/aromatic N) is 5. The summed E-state index contributed by atoms with van der Waals surface area (Å²) in [6.07, 6.45) is 5.21. The van der Waals surface area contributed by atoms with E-state index in [1.165, 1.54) is 12.1 Å². The molecule has 3 N–H and O–H groups in total. The third-order valence-corrected chi connectivity index (χ3v) is 4.37. The quantitative estimate of drug-likeness (QED) is 0.563. The molecule has 9 heteroatoms. The molecule has 3 aromatic heterocycles. The molecular formula is C19H17F2N7. The summed E-state index contributed by atoms with van der Waals surface area (Å²) in [5, 5.41) is 3.02. The fourth-order valence-corrected chi connectivity index (χ4v) is 2.96. The number of pyridine rings is 1. The zero-order chi connectivity index (χ0) is 19.9. The van der Waals surface area contributed by atoms with Gasteiger partial charge in [0.15, 0.2) is 17.5 Å². The maximum atomic E-state index is 14.2. The summed E-state index contributed by atoms with van der Waals surface area (Å²) in [7, 11) is 0. The van der Waals surface area contributed by atoms with Gasteiger partial charge in [0.25, 0.3) is 0 Å². The number of aromatic nitrogens is 5. The lowest BCUT2D eigenvalue weighted by molar-refractivity contribution is 0.468. The van der Waals surface area contributed by atoms with E-state index in [2.05, 4.69) is 25.3 Å². The van der Waals surface area contributed by atoms with Crippen LogP contribution in [0.4, 0.5) is 20.7 Å². The normalized spacial score (nSPS) is 11.7. The molecule has 4 aromatic rings. The fraction of sp³-hybridized carbons (Fsp3) is 0.158. The minimum Gasteiger partial charge on any atom is -0.368 e. The second-order valence-electron chi connectivity index (χ2n) is 6.84. The van der Waals surface area contributed by atoms with Gasteiger partial charge in [0.1, 0.15) is 0 Å². The molecular weight excluding hydrogens is 364 g/mol. The molecule has 0 spiro atoms. The number of hydrogen-bond donors (Lipinski definition) is 2. The van der Waals surface area contributed by atoms with Crippen LogP contribution in [0.5, 0.6) is 0 Å². The van der Waals surface area contributed by atoms with E-state index in [0.29, 0.717) is 11.4 Å². The molecule has 0 unspecified atom stereocenters. The number of nitrogen functional groups attached to an aromatic ring is 1. The number of nitrogens with two attached hydrogens (primary N) is 1. The second-order valence-corrected chi connectivity index (χ2v) is 6.84. The predicted octanol–water partition coefficient (Wildman–Crippen LogP) is 3.39. The van der Waals surface area contributed by atoms with Crippen molar-refractivity contribution in [1.29, 1.82) is 0 Å². The Morgan fingerprint density at radius 3 is 2.71 bits per heavy atom. The maximum Gasteiger partial charge on any atom is 0.228 e. The Labute approximate surface area is 159 Å². The summed E-state index contributed by atoms with van der Waals surface area (Å²) in [5.41, 5.74) is 6.63. The number of fused-ring (bicyclic) bond motifs is 1. The monoisotopic (exact) mass is 381 g/mol. The minimum absolute atomic E-state index is 0.00809. The van der Waals surface area contributed by atoms with Crippen molar-refractivity contribution in [2.75, 3.05) is 11.1 Å². The van der Waals surface area contributed by atoms with E-state index in [9.17, 15) is 8.78 Å². The van der Waals surface area contributed by atoms with Crippen molar-refractivity contribution in [3.8, 4) is 11.4 Å². The number of imidazole rings is 1. The zero-order valence-electron chi connectivity index (χ0n) is 15.2. The van der Waals surface area contributed by atoms with Crippen LogP contribution in [-0.4, -0.2) is 24.3 Å². The van der Waals surface area contributed by atoms with Gasteiger partial charge < -0.3 is 15.5 Å². The highest BCUT2D eigenvalue weighted by Gasteiger charge is 2.27. The Bertz CT molecular complexity index is 1170. The molecule has 0 aliphatic rings. The molecule has 0 bridgehead atoms. The summed E-state index contributed by atoms with van der Waals surface area (Å²) in [6.45, 7) is 3.39. The molecule has 0 aliphatic carbocycles. The van der Waals surface area contributed by atoms with Gasteiger partial charge in [-0.1, -0.05) is 12.1 Å². The highest BCUT2D eigenvalue weighted by atomic mass is 19.2. The topological polar surface area (TPSA) is 94.0 Å². The fourth-order valence-electron chi connectivity index (χ4n) is 2.96. The minimum atomic E-state index is -0.994. The summed E-state index contributed by atoms with van der Waals surface area (Å²) >= 11 is 0. The molecule has 4 rings (SSSR count). The summed E-state index contributed by atoms with van der Waals surface area (Å²) < 4.78 is 29.7. The van der Waals surface area contributed by atoms with Gasteiger partial charge in [-0.05, 0) is 32.0 Å². The Hall–Kier alpha value is -3.62. The molecule has 7 nitrogen and oxygen atoms in total. The Kier molecular flexibility index (Phi) is 4.14. The van der Waals surface area contributed by atoms with Crippen molar-refractivity contribution >= 4 is 17.4 Å². The highest BCUT2D eigenvalue weighted by molar-refractivity contribution is 5.61. The lowest BCUT2D eigenvalue weighted by Crippen LogP contribution is -2.31. The number of halogens is 2. The van der Waals surface area contributed by atoms with Crippen LogP contribution in [0.3, 0.4) is 0 Å². The lowest BCUT2D eigenvalue weighted by atomic mass is 9.94. The van der Waals surface area contributed by atoms with E-state index >= 15 is 0 Å². The van der Waals surface area contributed by atoms with Crippen molar-refractivity contribution in [3.05, 3.63) is 66.3 Å². The summed E-state index contributed by atoms with van der Waals surface area (Å²) in [6, 6.07) is 7.74. The predicted molar refractivity (Wildman–Crippen MR) is 101 cm³/mol. The van der Waals surface area contributed by atoms with Gasteiger partial charge in [-0.3, -0.25) is 0 Å². The first-order valence-corrected chi connectivity index (χ1v) is 8.50. The van der Waals surface area contributed by atoms with Crippen LogP contribution in [0.2, 0.25) is 0 Å². The molecule has 3 heterocycles. The number of nitrogens with one attached hydrogen (secondary N) is 1. The third kappa shape index (κ3) is 3.22. The SMILES string of the molecule is CC(C)(Nc1nc(N)nc(-c2ccc3cncn3c2)n1)c1cccc(F)c1F. The highest BCUT2D eigenvalue weighted by Crippen LogP contribution is 2.28. The van der Waals surface area contributed by atoms with Crippen LogP contribution in [0, 0.1) is 11.6 Å². The Morgan fingerprint density at radius 2 is 1.89 bits per heavy atom. The number of benzene rings is 1. The van der Waals surface area contributed by atoms with Gasteiger partial charge in [-0.15, -0.1) is 0 Å². The Balaban J connectivity index is 1.71. The van der Waals surface area contributed by atoms with Gasteiger partial charge >= 0.3 is 0 Å². The van der Waals surface area contributed by atoms with Gasteiger partial charge in [0.2, 0.25) is 11.9 Å². The lowest BCUT2D eigenvalue weighted by Gasteiger charge is -2.27. The van der Waals surface area contributed by atoms with Crippen molar-refractivity contribution in [2.45, 2.75) is 19.4 Å². The van der Waals surface area contributed by atoms with Gasteiger partial charge in [-0.2, -0.15) is 15.0 Å². The van der Waals surface area contributed by atoms with Crippen molar-refractivity contribution in [2.24, 2.45) is 0 Å². The van der Waals surface area contributed by atoms with Crippen LogP contribution in [0.15, 0.2) is 49.1 Å². The first kappa shape index (κ1) is 17.8. The van der Waals surface area contributed by atoms with Crippen LogP contribution in [0.25, 0.3) is 16.9 Å². The smallest absolute Gasteiger partial charge is 0.228 e. The average Bonchev–Trinajstić information content (AvgIpc) is 3.10. The molecule has 142 valence electrons. The van der Waals surface area contributed by atoms with Crippen molar-refractivity contribution < 1.29 is 8.78 Å². The van der Waals surface area contributed by atoms with E-state index in [-0.39, 0.29) is 17.5 Å². The largest absolute Gasteiger partial charge is 0.368 e. The first-order valence-electron chi connectivity index (χ1n) is 8.50. The number of hydrogen-bond acceptors (Lipinski definition) is 6. The first-order chi connectivity index (χ1) is 13.3. The van der Waals surface area contributed by atoms with E-state index in [4.69, 9.17) is 5.73 Å². The van der Waals surface area contributed by atoms with Crippen LogP contribution in [0.1, 0.15) is 19.4 Å².